The molecule has 1 aliphatic heterocycles. The molecule has 1 rings (SSSR count). The van der Waals surface area contributed by atoms with E-state index in [0.29, 0.717) is 6.42 Å². The fraction of sp³-hybridized carbons (Fsp3) is 0.881. The summed E-state index contributed by atoms with van der Waals surface area (Å²) < 4.78 is 11.2. The van der Waals surface area contributed by atoms with Gasteiger partial charge in [-0.3, -0.25) is 4.79 Å². The van der Waals surface area contributed by atoms with Crippen LogP contribution in [0.2, 0.25) is 0 Å². The molecule has 1 fully saturated rings. The molecule has 0 radical (unpaired) electrons. The van der Waals surface area contributed by atoms with Gasteiger partial charge in [-0.1, -0.05) is 256 Å². The zero-order valence-electron chi connectivity index (χ0n) is 44.4. The minimum absolute atomic E-state index is 0.176. The molecule has 0 aromatic rings. The number of hydrogen-bond acceptors (Lipinski definition) is 8. The molecule has 0 aromatic carbocycles. The van der Waals surface area contributed by atoms with Crippen molar-refractivity contribution in [3.8, 4) is 0 Å². The molecule has 0 aromatic heterocycles. The van der Waals surface area contributed by atoms with Gasteiger partial charge in [-0.15, -0.1) is 0 Å². The molecule has 68 heavy (non-hydrogen) atoms. The minimum Gasteiger partial charge on any atom is -0.394 e. The van der Waals surface area contributed by atoms with E-state index in [0.717, 1.165) is 44.9 Å². The third-order valence-corrected chi connectivity index (χ3v) is 14.0. The van der Waals surface area contributed by atoms with Crippen molar-refractivity contribution in [1.82, 2.24) is 5.32 Å². The molecule has 1 aliphatic rings. The van der Waals surface area contributed by atoms with Crippen LogP contribution < -0.4 is 5.32 Å². The average Bonchev–Trinajstić information content (AvgIpc) is 3.34. The predicted molar refractivity (Wildman–Crippen MR) is 286 cm³/mol. The first kappa shape index (κ1) is 64.4. The van der Waals surface area contributed by atoms with Gasteiger partial charge in [0, 0.05) is 6.42 Å². The van der Waals surface area contributed by atoms with Crippen LogP contribution in [0.25, 0.3) is 0 Å². The van der Waals surface area contributed by atoms with E-state index in [1.165, 1.54) is 212 Å². The lowest BCUT2D eigenvalue weighted by Crippen LogP contribution is -2.60. The number of aliphatic hydroxyl groups excluding tert-OH is 5. The van der Waals surface area contributed by atoms with Crippen molar-refractivity contribution in [2.24, 2.45) is 0 Å². The Morgan fingerprint density at radius 2 is 0.868 bits per heavy atom. The number of nitrogens with one attached hydrogen (secondary N) is 1. The van der Waals surface area contributed by atoms with Crippen LogP contribution in [-0.2, 0) is 14.3 Å². The summed E-state index contributed by atoms with van der Waals surface area (Å²) in [7, 11) is 0. The van der Waals surface area contributed by atoms with Gasteiger partial charge in [-0.05, 0) is 51.4 Å². The first-order valence-electron chi connectivity index (χ1n) is 29.2. The molecule has 0 spiro atoms. The highest BCUT2D eigenvalue weighted by molar-refractivity contribution is 5.76. The molecule has 400 valence electrons. The summed E-state index contributed by atoms with van der Waals surface area (Å²) in [5.74, 6) is -0.176. The van der Waals surface area contributed by atoms with Gasteiger partial charge in [0.2, 0.25) is 5.91 Å². The van der Waals surface area contributed by atoms with Gasteiger partial charge in [0.25, 0.3) is 0 Å². The Morgan fingerprint density at radius 1 is 0.500 bits per heavy atom. The van der Waals surface area contributed by atoms with Gasteiger partial charge < -0.3 is 40.3 Å². The number of aliphatic hydroxyl groups is 5. The van der Waals surface area contributed by atoms with Gasteiger partial charge in [-0.2, -0.15) is 0 Å². The molecule has 1 amide bonds. The Labute approximate surface area is 419 Å². The molecular formula is C59H111NO8. The van der Waals surface area contributed by atoms with Crippen LogP contribution in [-0.4, -0.2) is 87.5 Å². The van der Waals surface area contributed by atoms with Gasteiger partial charge in [0.15, 0.2) is 6.29 Å². The molecule has 7 unspecified atom stereocenters. The monoisotopic (exact) mass is 962 g/mol. The van der Waals surface area contributed by atoms with Crippen molar-refractivity contribution in [1.29, 1.82) is 0 Å². The van der Waals surface area contributed by atoms with E-state index in [1.54, 1.807) is 6.08 Å². The predicted octanol–water partition coefficient (Wildman–Crippen LogP) is 14.4. The van der Waals surface area contributed by atoms with E-state index in [4.69, 9.17) is 9.47 Å². The average molecular weight is 963 g/mol. The Balaban J connectivity index is 2.06. The van der Waals surface area contributed by atoms with Crippen LogP contribution in [0.5, 0.6) is 0 Å². The van der Waals surface area contributed by atoms with Crippen molar-refractivity contribution >= 4 is 5.91 Å². The summed E-state index contributed by atoms with van der Waals surface area (Å²) in [4.78, 5) is 13.0. The second kappa shape index (κ2) is 49.0. The van der Waals surface area contributed by atoms with Crippen molar-refractivity contribution in [3.05, 3.63) is 36.5 Å². The fourth-order valence-corrected chi connectivity index (χ4v) is 9.31. The zero-order valence-corrected chi connectivity index (χ0v) is 44.4. The number of rotatable bonds is 50. The molecule has 0 saturated carbocycles. The van der Waals surface area contributed by atoms with E-state index >= 15 is 0 Å². The lowest BCUT2D eigenvalue weighted by Gasteiger charge is -2.40. The Bertz CT molecular complexity index is 1160. The third kappa shape index (κ3) is 38.1. The van der Waals surface area contributed by atoms with Crippen LogP contribution in [0, 0.1) is 0 Å². The van der Waals surface area contributed by atoms with E-state index in [1.807, 2.05) is 6.08 Å². The van der Waals surface area contributed by atoms with Gasteiger partial charge in [0.1, 0.15) is 24.4 Å². The topological polar surface area (TPSA) is 149 Å². The summed E-state index contributed by atoms with van der Waals surface area (Å²) in [6, 6.07) is -0.802. The SMILES string of the molecule is CCCCCCCCCC/C=C/C(O)C(COC1OC(CO)C(O)C(O)C1O)NC(=O)CCCCCCCCCCCCCCCCCCC/C=C\C/C=C\CCCCCCCCCCCCC. The normalized spacial score (nSPS) is 19.8. The smallest absolute Gasteiger partial charge is 0.220 e. The van der Waals surface area contributed by atoms with Gasteiger partial charge in [0.05, 0.1) is 25.4 Å². The molecule has 0 bridgehead atoms. The van der Waals surface area contributed by atoms with Crippen molar-refractivity contribution in [3.63, 3.8) is 0 Å². The highest BCUT2D eigenvalue weighted by atomic mass is 16.7. The molecule has 6 N–H and O–H groups in total. The highest BCUT2D eigenvalue weighted by Crippen LogP contribution is 2.23. The largest absolute Gasteiger partial charge is 0.394 e. The molecule has 1 saturated heterocycles. The van der Waals surface area contributed by atoms with Gasteiger partial charge >= 0.3 is 0 Å². The first-order chi connectivity index (χ1) is 33.3. The summed E-state index contributed by atoms with van der Waals surface area (Å²) in [6.45, 7) is 3.77. The Kier molecular flexibility index (Phi) is 46.4. The number of allylic oxidation sites excluding steroid dienone is 5. The van der Waals surface area contributed by atoms with E-state index < -0.39 is 49.5 Å². The fourth-order valence-electron chi connectivity index (χ4n) is 9.31. The maximum absolute atomic E-state index is 13.0. The lowest BCUT2D eigenvalue weighted by atomic mass is 9.99. The van der Waals surface area contributed by atoms with Crippen molar-refractivity contribution in [2.45, 2.75) is 320 Å². The number of carbonyl (C=O) groups excluding carboxylic acids is 1. The van der Waals surface area contributed by atoms with Crippen LogP contribution in [0.15, 0.2) is 36.5 Å². The standard InChI is InChI=1S/C59H111NO8/c1-3-5-7-9-11-13-15-16-17-18-19-20-21-22-23-24-25-26-27-28-29-30-31-32-33-34-35-36-37-38-39-41-43-45-47-49-55(63)60-52(51-67-59-58(66)57(65)56(64)54(50-61)68-59)53(62)48-46-44-42-40-14-12-10-8-6-4-2/h21-22,24-25,46,48,52-54,56-59,61-62,64-66H,3-20,23,26-45,47,49-51H2,1-2H3,(H,60,63)/b22-21-,25-24-,48-46+. The number of unbranched alkanes of at least 4 members (excludes halogenated alkanes) is 36. The van der Waals surface area contributed by atoms with Gasteiger partial charge in [-0.25, -0.2) is 0 Å². The van der Waals surface area contributed by atoms with Crippen LogP contribution >= 0.6 is 0 Å². The second-order valence-corrected chi connectivity index (χ2v) is 20.4. The highest BCUT2D eigenvalue weighted by Gasteiger charge is 2.44. The molecule has 9 nitrogen and oxygen atoms in total. The van der Waals surface area contributed by atoms with Crippen LogP contribution in [0.4, 0.5) is 0 Å². The number of amides is 1. The summed E-state index contributed by atoms with van der Waals surface area (Å²) in [5.41, 5.74) is 0. The van der Waals surface area contributed by atoms with E-state index in [9.17, 15) is 30.3 Å². The maximum atomic E-state index is 13.0. The van der Waals surface area contributed by atoms with Crippen LogP contribution in [0.1, 0.15) is 277 Å². The molecule has 7 atom stereocenters. The molecule has 0 aliphatic carbocycles. The van der Waals surface area contributed by atoms with Crippen molar-refractivity contribution in [2.75, 3.05) is 13.2 Å². The summed E-state index contributed by atoms with van der Waals surface area (Å²) >= 11 is 0. The van der Waals surface area contributed by atoms with E-state index in [2.05, 4.69) is 43.5 Å². The van der Waals surface area contributed by atoms with E-state index in [-0.39, 0.29) is 12.5 Å². The second-order valence-electron chi connectivity index (χ2n) is 20.4. The maximum Gasteiger partial charge on any atom is 0.220 e. The van der Waals surface area contributed by atoms with Crippen molar-refractivity contribution < 1.29 is 39.8 Å². The first-order valence-corrected chi connectivity index (χ1v) is 29.2. The number of hydrogen-bond donors (Lipinski definition) is 6. The minimum atomic E-state index is -1.56. The molecule has 1 heterocycles. The number of carbonyl (C=O) groups is 1. The summed E-state index contributed by atoms with van der Waals surface area (Å²) in [5, 5.41) is 54.2. The molecule has 9 heteroatoms. The quantitative estimate of drug-likeness (QED) is 0.0261. The van der Waals surface area contributed by atoms with Crippen LogP contribution in [0.3, 0.4) is 0 Å². The number of ether oxygens (including phenoxy) is 2. The zero-order chi connectivity index (χ0) is 49.4. The Morgan fingerprint density at radius 3 is 1.26 bits per heavy atom. The summed E-state index contributed by atoms with van der Waals surface area (Å²) in [6.07, 6.45) is 56.7. The lowest BCUT2D eigenvalue weighted by molar-refractivity contribution is -0.302. The Hall–Kier alpha value is -1.59. The third-order valence-electron chi connectivity index (χ3n) is 14.0. The molecular weight excluding hydrogens is 851 g/mol.